The van der Waals surface area contributed by atoms with Crippen molar-refractivity contribution >= 4 is 32.9 Å². The molecule has 0 heterocycles. The Morgan fingerprint density at radius 3 is 1.71 bits per heavy atom. The molecule has 0 saturated heterocycles. The number of alkyl halides is 1. The molecule has 0 radical (unpaired) electrons. The molecule has 0 spiro atoms. The number of rotatable bonds is 1. The van der Waals surface area contributed by atoms with Gasteiger partial charge in [-0.2, -0.15) is 0 Å². The molecule has 7 heavy (non-hydrogen) atoms. The molecular weight excluding hydrogens is 222 g/mol. The molecule has 1 nitrogen and oxygen atoms in total. The lowest BCUT2D eigenvalue weighted by Crippen LogP contribution is -2.22. The standard InChI is InChI=1S/C4H10BrN.BrH/c1-4(2,5)3-6;/h3,6H2,1-2H3;1H. The van der Waals surface area contributed by atoms with E-state index < -0.39 is 0 Å². The summed E-state index contributed by atoms with van der Waals surface area (Å²) >= 11 is 3.35. The van der Waals surface area contributed by atoms with Crippen LogP contribution in [0.3, 0.4) is 0 Å². The molecule has 0 aromatic rings. The van der Waals surface area contributed by atoms with E-state index in [9.17, 15) is 0 Å². The van der Waals surface area contributed by atoms with E-state index in [0.717, 1.165) is 0 Å². The summed E-state index contributed by atoms with van der Waals surface area (Å²) in [6.07, 6.45) is 0. The van der Waals surface area contributed by atoms with Crippen molar-refractivity contribution in [3.05, 3.63) is 0 Å². The number of hydrogen-bond donors (Lipinski definition) is 1. The molecule has 3 heteroatoms. The second kappa shape index (κ2) is 3.87. The summed E-state index contributed by atoms with van der Waals surface area (Å²) in [4.78, 5) is 0. The minimum absolute atomic E-state index is 0. The summed E-state index contributed by atoms with van der Waals surface area (Å²) in [5.74, 6) is 0. The van der Waals surface area contributed by atoms with Gasteiger partial charge in [-0.25, -0.2) is 0 Å². The predicted molar refractivity (Wildman–Crippen MR) is 42.4 cm³/mol. The molecule has 0 fully saturated rings. The van der Waals surface area contributed by atoms with Gasteiger partial charge in [0.1, 0.15) is 0 Å². The van der Waals surface area contributed by atoms with Gasteiger partial charge in [0.2, 0.25) is 0 Å². The molecule has 46 valence electrons. The van der Waals surface area contributed by atoms with Crippen LogP contribution in [0.2, 0.25) is 0 Å². The van der Waals surface area contributed by atoms with E-state index >= 15 is 0 Å². The van der Waals surface area contributed by atoms with Crippen molar-refractivity contribution in [2.24, 2.45) is 5.73 Å². The van der Waals surface area contributed by atoms with Crippen LogP contribution in [0.5, 0.6) is 0 Å². The third kappa shape index (κ3) is 10.9. The van der Waals surface area contributed by atoms with Crippen molar-refractivity contribution in [2.75, 3.05) is 6.54 Å². The zero-order chi connectivity index (χ0) is 5.21. The lowest BCUT2D eigenvalue weighted by Gasteiger charge is -2.09. The molecule has 0 saturated carbocycles. The van der Waals surface area contributed by atoms with Crippen LogP contribution in [0, 0.1) is 0 Å². The Bertz CT molecular complexity index is 39.4. The molecule has 2 N–H and O–H groups in total. The summed E-state index contributed by atoms with van der Waals surface area (Å²) in [5.41, 5.74) is 5.26. The molecule has 0 bridgehead atoms. The minimum Gasteiger partial charge on any atom is -0.329 e. The van der Waals surface area contributed by atoms with Gasteiger partial charge >= 0.3 is 0 Å². The van der Waals surface area contributed by atoms with Crippen LogP contribution in [-0.2, 0) is 0 Å². The highest BCUT2D eigenvalue weighted by Crippen LogP contribution is 2.11. The fraction of sp³-hybridized carbons (Fsp3) is 1.00. The minimum atomic E-state index is 0. The van der Waals surface area contributed by atoms with E-state index in [-0.39, 0.29) is 21.3 Å². The lowest BCUT2D eigenvalue weighted by atomic mass is 10.2. The fourth-order valence-electron chi connectivity index (χ4n) is 0. The van der Waals surface area contributed by atoms with E-state index in [0.29, 0.717) is 6.54 Å². The predicted octanol–water partition coefficient (Wildman–Crippen LogP) is 1.70. The molecular formula is C4H11Br2N. The largest absolute Gasteiger partial charge is 0.329 e. The normalized spacial score (nSPS) is 10.3. The maximum atomic E-state index is 5.26. The first-order chi connectivity index (χ1) is 2.56. The summed E-state index contributed by atoms with van der Waals surface area (Å²) in [6.45, 7) is 4.76. The van der Waals surface area contributed by atoms with Gasteiger partial charge in [-0.05, 0) is 13.8 Å². The van der Waals surface area contributed by atoms with E-state index in [1.807, 2.05) is 13.8 Å². The molecule has 0 aliphatic rings. The van der Waals surface area contributed by atoms with E-state index in [2.05, 4.69) is 15.9 Å². The van der Waals surface area contributed by atoms with Crippen molar-refractivity contribution < 1.29 is 0 Å². The zero-order valence-corrected chi connectivity index (χ0v) is 7.87. The van der Waals surface area contributed by atoms with E-state index in [4.69, 9.17) is 5.73 Å². The molecule has 0 atom stereocenters. The van der Waals surface area contributed by atoms with E-state index in [1.165, 1.54) is 0 Å². The molecule has 0 aliphatic carbocycles. The fourth-order valence-corrected chi connectivity index (χ4v) is 0. The average Bonchev–Trinajstić information content (AvgIpc) is 1.35. The average molecular weight is 233 g/mol. The molecule has 0 aliphatic heterocycles. The van der Waals surface area contributed by atoms with Crippen LogP contribution in [0.4, 0.5) is 0 Å². The van der Waals surface area contributed by atoms with Crippen LogP contribution in [0.15, 0.2) is 0 Å². The summed E-state index contributed by atoms with van der Waals surface area (Å²) in [7, 11) is 0. The van der Waals surface area contributed by atoms with Gasteiger partial charge in [0, 0.05) is 10.9 Å². The van der Waals surface area contributed by atoms with Crippen molar-refractivity contribution in [1.82, 2.24) is 0 Å². The Kier molecular flexibility index (Phi) is 5.98. The Morgan fingerprint density at radius 2 is 1.71 bits per heavy atom. The van der Waals surface area contributed by atoms with Crippen LogP contribution < -0.4 is 5.73 Å². The zero-order valence-electron chi connectivity index (χ0n) is 4.57. The first kappa shape index (κ1) is 10.8. The molecule has 0 unspecified atom stereocenters. The topological polar surface area (TPSA) is 26.0 Å². The van der Waals surface area contributed by atoms with Gasteiger partial charge in [0.25, 0.3) is 0 Å². The third-order valence-electron chi connectivity index (χ3n) is 0.485. The monoisotopic (exact) mass is 231 g/mol. The molecule has 0 amide bonds. The SMILES string of the molecule is Br.CC(C)(Br)CN. The van der Waals surface area contributed by atoms with Crippen LogP contribution in [0.1, 0.15) is 13.8 Å². The smallest absolute Gasteiger partial charge is 0.0323 e. The molecule has 0 rings (SSSR count). The Balaban J connectivity index is 0. The van der Waals surface area contributed by atoms with Crippen LogP contribution >= 0.6 is 32.9 Å². The summed E-state index contributed by atoms with van der Waals surface area (Å²) < 4.78 is 0.132. The van der Waals surface area contributed by atoms with Gasteiger partial charge in [0.15, 0.2) is 0 Å². The van der Waals surface area contributed by atoms with Crippen molar-refractivity contribution in [2.45, 2.75) is 18.2 Å². The number of nitrogens with two attached hydrogens (primary N) is 1. The highest BCUT2D eigenvalue weighted by Gasteiger charge is 2.06. The van der Waals surface area contributed by atoms with Gasteiger partial charge < -0.3 is 5.73 Å². The van der Waals surface area contributed by atoms with Crippen molar-refractivity contribution in [1.29, 1.82) is 0 Å². The lowest BCUT2D eigenvalue weighted by molar-refractivity contribution is 0.740. The van der Waals surface area contributed by atoms with Crippen LogP contribution in [-0.4, -0.2) is 10.9 Å². The van der Waals surface area contributed by atoms with Gasteiger partial charge in [-0.15, -0.1) is 17.0 Å². The number of hydrogen-bond acceptors (Lipinski definition) is 1. The highest BCUT2D eigenvalue weighted by molar-refractivity contribution is 9.10. The van der Waals surface area contributed by atoms with Gasteiger partial charge in [-0.1, -0.05) is 15.9 Å². The molecule has 0 aromatic heterocycles. The Morgan fingerprint density at radius 1 is 1.57 bits per heavy atom. The van der Waals surface area contributed by atoms with Crippen molar-refractivity contribution in [3.63, 3.8) is 0 Å². The van der Waals surface area contributed by atoms with E-state index in [1.54, 1.807) is 0 Å². The first-order valence-electron chi connectivity index (χ1n) is 1.95. The van der Waals surface area contributed by atoms with Crippen LogP contribution in [0.25, 0.3) is 0 Å². The molecule has 0 aromatic carbocycles. The highest BCUT2D eigenvalue weighted by atomic mass is 79.9. The third-order valence-corrected chi connectivity index (χ3v) is 0.809. The maximum absolute atomic E-state index is 5.26. The van der Waals surface area contributed by atoms with Crippen molar-refractivity contribution in [3.8, 4) is 0 Å². The quantitative estimate of drug-likeness (QED) is 0.685. The second-order valence-corrected chi connectivity index (χ2v) is 4.07. The Labute approximate surface area is 63.6 Å². The van der Waals surface area contributed by atoms with Gasteiger partial charge in [-0.3, -0.25) is 0 Å². The second-order valence-electron chi connectivity index (χ2n) is 1.92. The summed E-state index contributed by atoms with van der Waals surface area (Å²) in [6, 6.07) is 0. The van der Waals surface area contributed by atoms with Gasteiger partial charge in [0.05, 0.1) is 0 Å². The summed E-state index contributed by atoms with van der Waals surface area (Å²) in [5, 5.41) is 0. The maximum Gasteiger partial charge on any atom is 0.0323 e. The first-order valence-corrected chi connectivity index (χ1v) is 2.74. The Hall–Kier alpha value is 0.920. The number of halogens is 2.